The highest BCUT2D eigenvalue weighted by atomic mass is 79.9. The van der Waals surface area contributed by atoms with E-state index >= 15 is 0 Å². The lowest BCUT2D eigenvalue weighted by Crippen LogP contribution is -2.40. The molecule has 0 atom stereocenters. The summed E-state index contributed by atoms with van der Waals surface area (Å²) < 4.78 is 13.1. The summed E-state index contributed by atoms with van der Waals surface area (Å²) in [5, 5.41) is 0.637. The third-order valence-corrected chi connectivity index (χ3v) is 9.51. The number of allylic oxidation sites excluding steroid dienone is 4. The van der Waals surface area contributed by atoms with Gasteiger partial charge in [0.15, 0.2) is 23.1 Å². The number of hydrogen-bond donors (Lipinski definition) is 0. The molecule has 3 aliphatic rings. The number of benzene rings is 3. The molecule has 2 aliphatic carbocycles. The Morgan fingerprint density at radius 2 is 1.51 bits per heavy atom. The molecule has 222 valence electrons. The molecule has 0 aromatic heterocycles. The monoisotopic (exact) mass is 659 g/mol. The second-order valence-electron chi connectivity index (χ2n) is 11.2. The molecule has 3 aromatic carbocycles. The van der Waals surface area contributed by atoms with Gasteiger partial charge in [0.25, 0.3) is 0 Å². The fraction of sp³-hybridized carbons (Fsp3) is 0.333. The zero-order chi connectivity index (χ0) is 29.9. The summed E-state index contributed by atoms with van der Waals surface area (Å²) in [5.41, 5.74) is 6.69. The molecule has 6 rings (SSSR count). The van der Waals surface area contributed by atoms with Crippen molar-refractivity contribution in [1.82, 2.24) is 4.90 Å². The zero-order valence-corrected chi connectivity index (χ0v) is 26.7. The highest BCUT2D eigenvalue weighted by molar-refractivity contribution is 9.10. The molecule has 7 heteroatoms. The maximum absolute atomic E-state index is 13.8. The first-order valence-corrected chi connectivity index (χ1v) is 16.3. The van der Waals surface area contributed by atoms with Gasteiger partial charge >= 0.3 is 0 Å². The Morgan fingerprint density at radius 1 is 0.860 bits per heavy atom. The summed E-state index contributed by atoms with van der Waals surface area (Å²) in [5.74, 6) is 0.982. The molecule has 43 heavy (non-hydrogen) atoms. The smallest absolute Gasteiger partial charge is 0.175 e. The number of ether oxygens (including phenoxy) is 2. The van der Waals surface area contributed by atoms with Crippen molar-refractivity contribution in [3.8, 4) is 11.5 Å². The minimum absolute atomic E-state index is 0.133. The van der Waals surface area contributed by atoms with Crippen molar-refractivity contribution in [3.63, 3.8) is 0 Å². The summed E-state index contributed by atoms with van der Waals surface area (Å²) in [6, 6.07) is 22.0. The molecule has 3 aromatic rings. The van der Waals surface area contributed by atoms with Crippen LogP contribution in [0.15, 0.2) is 93.7 Å². The van der Waals surface area contributed by atoms with Crippen molar-refractivity contribution in [3.05, 3.63) is 115 Å². The molecule has 0 saturated heterocycles. The van der Waals surface area contributed by atoms with Crippen LogP contribution in [-0.2, 0) is 22.6 Å². The maximum atomic E-state index is 13.8. The van der Waals surface area contributed by atoms with Crippen molar-refractivity contribution in [2.24, 2.45) is 0 Å². The molecule has 0 N–H and O–H groups in total. The van der Waals surface area contributed by atoms with Crippen molar-refractivity contribution in [2.45, 2.75) is 64.4 Å². The van der Waals surface area contributed by atoms with Crippen LogP contribution in [0, 0.1) is 0 Å². The number of carbonyl (C=O) groups is 2. The summed E-state index contributed by atoms with van der Waals surface area (Å²) in [6.07, 6.45) is 5.15. The number of Topliss-reactive ketones (excluding diaryl/α,β-unsaturated/α-hetero) is 2. The standard InChI is InChI=1S/C36H35BrClNO4/c1-2-42-32-21-25(20-26(37)36(32)43-22-24-12-6-7-13-27(24)38)33-34-28(14-8-16-30(34)40)39(19-18-23-10-4-3-5-11-23)29-15-9-17-31(41)35(29)33/h3-7,10-13,20-21,33H,2,8-9,14-19,22H2,1H3. The number of ketones is 2. The first kappa shape index (κ1) is 29.7. The molecule has 5 nitrogen and oxygen atoms in total. The van der Waals surface area contributed by atoms with E-state index in [0.717, 1.165) is 72.3 Å². The van der Waals surface area contributed by atoms with Gasteiger partial charge in [0.1, 0.15) is 6.61 Å². The summed E-state index contributed by atoms with van der Waals surface area (Å²) in [7, 11) is 0. The Kier molecular flexibility index (Phi) is 9.06. The van der Waals surface area contributed by atoms with Crippen LogP contribution in [0.25, 0.3) is 0 Å². The summed E-state index contributed by atoms with van der Waals surface area (Å²) in [4.78, 5) is 29.9. The Balaban J connectivity index is 1.42. The minimum Gasteiger partial charge on any atom is -0.490 e. The minimum atomic E-state index is -0.424. The predicted octanol–water partition coefficient (Wildman–Crippen LogP) is 8.74. The van der Waals surface area contributed by atoms with Crippen molar-refractivity contribution in [2.75, 3.05) is 13.2 Å². The Bertz CT molecular complexity index is 1570. The fourth-order valence-electron chi connectivity index (χ4n) is 6.63. The molecular weight excluding hydrogens is 626 g/mol. The van der Waals surface area contributed by atoms with Gasteiger partial charge < -0.3 is 14.4 Å². The third kappa shape index (κ3) is 6.05. The lowest BCUT2D eigenvalue weighted by Gasteiger charge is -2.44. The Hall–Kier alpha value is -3.35. The van der Waals surface area contributed by atoms with Gasteiger partial charge in [-0.1, -0.05) is 60.1 Å². The van der Waals surface area contributed by atoms with E-state index in [2.05, 4.69) is 45.1 Å². The van der Waals surface area contributed by atoms with Gasteiger partial charge in [-0.2, -0.15) is 0 Å². The van der Waals surface area contributed by atoms with Crippen LogP contribution in [0.1, 0.15) is 68.1 Å². The molecule has 0 saturated carbocycles. The number of hydrogen-bond acceptors (Lipinski definition) is 5. The summed E-state index contributed by atoms with van der Waals surface area (Å²) >= 11 is 10.1. The molecule has 0 unspecified atom stereocenters. The fourth-order valence-corrected chi connectivity index (χ4v) is 7.39. The Morgan fingerprint density at radius 3 is 2.16 bits per heavy atom. The molecular formula is C36H35BrClNO4. The largest absolute Gasteiger partial charge is 0.490 e. The van der Waals surface area contributed by atoms with Gasteiger partial charge in [-0.3, -0.25) is 9.59 Å². The molecule has 0 amide bonds. The normalized spacial score (nSPS) is 17.2. The van der Waals surface area contributed by atoms with Crippen LogP contribution < -0.4 is 9.47 Å². The SMILES string of the molecule is CCOc1cc(C2C3=C(CCCC3=O)N(CCc3ccccc3)C3=C2C(=O)CCC3)cc(Br)c1OCc1ccccc1Cl. The van der Waals surface area contributed by atoms with E-state index in [-0.39, 0.29) is 18.2 Å². The molecule has 0 spiro atoms. The van der Waals surface area contributed by atoms with Gasteiger partial charge in [0, 0.05) is 58.4 Å². The highest BCUT2D eigenvalue weighted by Crippen LogP contribution is 2.51. The third-order valence-electron chi connectivity index (χ3n) is 8.55. The van der Waals surface area contributed by atoms with Crippen LogP contribution in [0.5, 0.6) is 11.5 Å². The lowest BCUT2D eigenvalue weighted by atomic mass is 9.71. The molecule has 0 fully saturated rings. The first-order chi connectivity index (χ1) is 21.0. The quantitative estimate of drug-likeness (QED) is 0.230. The second-order valence-corrected chi connectivity index (χ2v) is 12.5. The topological polar surface area (TPSA) is 55.8 Å². The van der Waals surface area contributed by atoms with Crippen LogP contribution in [-0.4, -0.2) is 29.6 Å². The van der Waals surface area contributed by atoms with Crippen molar-refractivity contribution in [1.29, 1.82) is 0 Å². The van der Waals surface area contributed by atoms with Gasteiger partial charge in [0.2, 0.25) is 0 Å². The van der Waals surface area contributed by atoms with Gasteiger partial charge in [0.05, 0.1) is 11.1 Å². The van der Waals surface area contributed by atoms with Crippen LogP contribution in [0.2, 0.25) is 5.02 Å². The van der Waals surface area contributed by atoms with Gasteiger partial charge in [-0.25, -0.2) is 0 Å². The van der Waals surface area contributed by atoms with Crippen LogP contribution in [0.4, 0.5) is 0 Å². The second kappa shape index (κ2) is 13.1. The maximum Gasteiger partial charge on any atom is 0.175 e. The predicted molar refractivity (Wildman–Crippen MR) is 172 cm³/mol. The van der Waals surface area contributed by atoms with E-state index in [1.807, 2.05) is 49.4 Å². The number of carbonyl (C=O) groups excluding carboxylic acids is 2. The first-order valence-electron chi connectivity index (χ1n) is 15.1. The van der Waals surface area contributed by atoms with E-state index in [9.17, 15) is 9.59 Å². The molecule has 1 heterocycles. The molecule has 0 radical (unpaired) electrons. The van der Waals surface area contributed by atoms with Crippen molar-refractivity contribution >= 4 is 39.1 Å². The van der Waals surface area contributed by atoms with Crippen LogP contribution in [0.3, 0.4) is 0 Å². The van der Waals surface area contributed by atoms with Gasteiger partial charge in [-0.15, -0.1) is 0 Å². The number of nitrogens with zero attached hydrogens (tertiary/aromatic N) is 1. The van der Waals surface area contributed by atoms with Gasteiger partial charge in [-0.05, 0) is 84.3 Å². The number of halogens is 2. The molecule has 1 aliphatic heterocycles. The highest BCUT2D eigenvalue weighted by Gasteiger charge is 2.43. The van der Waals surface area contributed by atoms with Crippen LogP contribution >= 0.6 is 27.5 Å². The molecule has 0 bridgehead atoms. The van der Waals surface area contributed by atoms with E-state index in [0.29, 0.717) is 40.4 Å². The zero-order valence-electron chi connectivity index (χ0n) is 24.3. The average molecular weight is 661 g/mol. The lowest BCUT2D eigenvalue weighted by molar-refractivity contribution is -0.117. The van der Waals surface area contributed by atoms with E-state index < -0.39 is 5.92 Å². The van der Waals surface area contributed by atoms with E-state index in [4.69, 9.17) is 21.1 Å². The average Bonchev–Trinajstić information content (AvgIpc) is 3.01. The van der Waals surface area contributed by atoms with Crippen molar-refractivity contribution < 1.29 is 19.1 Å². The van der Waals surface area contributed by atoms with E-state index in [1.54, 1.807) is 0 Å². The number of rotatable bonds is 9. The Labute approximate surface area is 266 Å². The summed E-state index contributed by atoms with van der Waals surface area (Å²) in [6.45, 7) is 3.40. The van der Waals surface area contributed by atoms with E-state index in [1.165, 1.54) is 5.56 Å².